The number of hydrogen-bond acceptors (Lipinski definition) is 5. The summed E-state index contributed by atoms with van der Waals surface area (Å²) < 4.78 is 11.6. The third-order valence-corrected chi connectivity index (χ3v) is 10.2. The molecule has 1 aliphatic heterocycles. The Morgan fingerprint density at radius 1 is 0.698 bits per heavy atom. The molecule has 4 aromatic heterocycles. The molecule has 13 nitrogen and oxygen atoms in total. The highest BCUT2D eigenvalue weighted by Crippen LogP contribution is 2.22. The molecule has 0 saturated carbocycles. The molecule has 0 unspecified atom stereocenters. The number of carbonyl (C=O) groups is 2. The summed E-state index contributed by atoms with van der Waals surface area (Å²) in [5, 5.41) is 8.94. The average molecular weight is 716 g/mol. The second-order valence-electron chi connectivity index (χ2n) is 13.8. The molecule has 0 radical (unpaired) electrons. The molecule has 1 aliphatic rings. The molecule has 1 fully saturated rings. The van der Waals surface area contributed by atoms with Crippen LogP contribution in [0, 0.1) is 13.8 Å². The molecule has 1 saturated heterocycles. The van der Waals surface area contributed by atoms with Gasteiger partial charge in [-0.25, -0.2) is 0 Å². The number of likely N-dealkylation sites (tertiary alicyclic amines) is 1. The van der Waals surface area contributed by atoms with E-state index in [1.165, 1.54) is 24.8 Å². The van der Waals surface area contributed by atoms with Gasteiger partial charge in [0.25, 0.3) is 11.8 Å². The number of aryl methyl sites for hydroxylation is 6. The third kappa shape index (κ3) is 7.00. The number of aromatic nitrogens is 8. The van der Waals surface area contributed by atoms with Crippen molar-refractivity contribution in [2.24, 2.45) is 24.1 Å². The van der Waals surface area contributed by atoms with Gasteiger partial charge in [-0.05, 0) is 89.5 Å². The highest BCUT2D eigenvalue weighted by molar-refractivity contribution is 5.94. The van der Waals surface area contributed by atoms with Crippen LogP contribution in [-0.4, -0.2) is 67.6 Å². The summed E-state index contributed by atoms with van der Waals surface area (Å²) in [6, 6.07) is 18.0. The van der Waals surface area contributed by atoms with E-state index in [1.807, 2.05) is 70.6 Å². The normalized spacial score (nSPS) is 14.8. The largest absolute Gasteiger partial charge is 0.313 e. The molecule has 13 heteroatoms. The monoisotopic (exact) mass is 715 g/mol. The SMILES string of the molecule is CCn1nc(C)cc1C(=O)/N=c1\n(C)c2ccccc2n1C/C=C/Cn1/c(=N/C(=O)c2cc(C)nn2CC)n(C)c2c(CN3CCCCC3)cccc21. The number of allylic oxidation sites excluding steroid dienone is 2. The molecule has 2 aromatic carbocycles. The predicted molar refractivity (Wildman–Crippen MR) is 205 cm³/mol. The van der Waals surface area contributed by atoms with Crippen LogP contribution >= 0.6 is 0 Å². The minimum atomic E-state index is -0.335. The Balaban J connectivity index is 1.28. The number of carbonyl (C=O) groups excluding carboxylic acids is 2. The molecule has 0 aliphatic carbocycles. The molecule has 6 aromatic rings. The van der Waals surface area contributed by atoms with Crippen molar-refractivity contribution in [3.8, 4) is 0 Å². The summed E-state index contributed by atoms with van der Waals surface area (Å²) in [7, 11) is 3.93. The van der Waals surface area contributed by atoms with Crippen molar-refractivity contribution < 1.29 is 9.59 Å². The number of amides is 2. The van der Waals surface area contributed by atoms with E-state index in [9.17, 15) is 9.59 Å². The number of imidazole rings is 2. The van der Waals surface area contributed by atoms with Crippen molar-refractivity contribution in [2.75, 3.05) is 13.1 Å². The Labute approximate surface area is 308 Å². The zero-order valence-electron chi connectivity index (χ0n) is 31.7. The molecule has 0 N–H and O–H groups in total. The number of rotatable bonds is 10. The molecule has 0 bridgehead atoms. The van der Waals surface area contributed by atoms with Crippen molar-refractivity contribution in [3.05, 3.63) is 106 Å². The number of para-hydroxylation sites is 3. The summed E-state index contributed by atoms with van der Waals surface area (Å²) in [4.78, 5) is 39.2. The van der Waals surface area contributed by atoms with E-state index in [-0.39, 0.29) is 11.8 Å². The average Bonchev–Trinajstić information content (AvgIpc) is 3.89. The van der Waals surface area contributed by atoms with Gasteiger partial charge in [-0.2, -0.15) is 20.2 Å². The lowest BCUT2D eigenvalue weighted by Gasteiger charge is -2.26. The zero-order chi connectivity index (χ0) is 37.2. The van der Waals surface area contributed by atoms with Gasteiger partial charge in [0.15, 0.2) is 0 Å². The van der Waals surface area contributed by atoms with Gasteiger partial charge < -0.3 is 18.3 Å². The Morgan fingerprint density at radius 2 is 1.23 bits per heavy atom. The second-order valence-corrected chi connectivity index (χ2v) is 13.8. The van der Waals surface area contributed by atoms with Crippen molar-refractivity contribution in [1.29, 1.82) is 0 Å². The summed E-state index contributed by atoms with van der Waals surface area (Å²) in [6.07, 6.45) is 7.89. The molecular weight excluding hydrogens is 667 g/mol. The number of nitrogens with zero attached hydrogens (tertiary/aromatic N) is 11. The standard InChI is InChI=1S/C40H49N11O2/c1-7-50-34(25-28(3)43-50)37(52)41-39-45(5)31-18-10-11-19-32(31)48(39)23-14-15-24-49-33-20-16-17-30(27-47-21-12-9-13-22-47)36(33)46(6)40(49)42-38(53)35-26-29(4)44-51(35)8-2/h10-11,14-20,25-26H,7-9,12-13,21-24,27H2,1-6H3/b15-14+,41-39+,42-40+. The van der Waals surface area contributed by atoms with Crippen LogP contribution in [-0.2, 0) is 46.8 Å². The Morgan fingerprint density at radius 3 is 1.81 bits per heavy atom. The van der Waals surface area contributed by atoms with Crippen LogP contribution in [0.4, 0.5) is 0 Å². The number of piperidine rings is 1. The van der Waals surface area contributed by atoms with Crippen molar-refractivity contribution >= 4 is 33.9 Å². The van der Waals surface area contributed by atoms with E-state index in [0.717, 1.165) is 53.1 Å². The van der Waals surface area contributed by atoms with Crippen LogP contribution in [0.5, 0.6) is 0 Å². The lowest BCUT2D eigenvalue weighted by molar-refractivity contribution is 0.0977. The maximum absolute atomic E-state index is 13.8. The minimum absolute atomic E-state index is 0.324. The first-order chi connectivity index (χ1) is 25.7. The van der Waals surface area contributed by atoms with E-state index in [2.05, 4.69) is 64.1 Å². The van der Waals surface area contributed by atoms with Crippen LogP contribution in [0.2, 0.25) is 0 Å². The van der Waals surface area contributed by atoms with Crippen molar-refractivity contribution in [1.82, 2.24) is 42.7 Å². The van der Waals surface area contributed by atoms with Crippen LogP contribution in [0.25, 0.3) is 22.1 Å². The molecule has 7 rings (SSSR count). The highest BCUT2D eigenvalue weighted by Gasteiger charge is 2.19. The highest BCUT2D eigenvalue weighted by atomic mass is 16.2. The first-order valence-corrected chi connectivity index (χ1v) is 18.6. The lowest BCUT2D eigenvalue weighted by Crippen LogP contribution is -2.29. The molecule has 276 valence electrons. The van der Waals surface area contributed by atoms with Gasteiger partial charge >= 0.3 is 0 Å². The van der Waals surface area contributed by atoms with E-state index < -0.39 is 0 Å². The van der Waals surface area contributed by atoms with E-state index in [0.29, 0.717) is 48.8 Å². The summed E-state index contributed by atoms with van der Waals surface area (Å²) in [5.74, 6) is -0.659. The fourth-order valence-electron chi connectivity index (χ4n) is 7.63. The molecular formula is C40H49N11O2. The van der Waals surface area contributed by atoms with Crippen LogP contribution in [0.3, 0.4) is 0 Å². The van der Waals surface area contributed by atoms with Gasteiger partial charge in [-0.1, -0.05) is 42.8 Å². The van der Waals surface area contributed by atoms with Gasteiger partial charge in [0, 0.05) is 46.8 Å². The Bertz CT molecular complexity index is 2490. The fraction of sp³-hybridized carbons (Fsp3) is 0.400. The quantitative estimate of drug-likeness (QED) is 0.184. The third-order valence-electron chi connectivity index (χ3n) is 10.2. The maximum atomic E-state index is 13.8. The fourth-order valence-corrected chi connectivity index (χ4v) is 7.63. The van der Waals surface area contributed by atoms with Crippen LogP contribution in [0.1, 0.15) is 71.0 Å². The molecule has 0 spiro atoms. The van der Waals surface area contributed by atoms with E-state index >= 15 is 0 Å². The van der Waals surface area contributed by atoms with Crippen LogP contribution in [0.15, 0.2) is 76.7 Å². The second kappa shape index (κ2) is 15.2. The first kappa shape index (κ1) is 35.8. The molecule has 2 amide bonds. The summed E-state index contributed by atoms with van der Waals surface area (Å²) in [5.41, 5.74) is 8.87. The zero-order valence-corrected chi connectivity index (χ0v) is 31.7. The first-order valence-electron chi connectivity index (χ1n) is 18.6. The predicted octanol–water partition coefficient (Wildman–Crippen LogP) is 5.05. The molecule has 5 heterocycles. The molecule has 0 atom stereocenters. The van der Waals surface area contributed by atoms with Gasteiger partial charge in [-0.15, -0.1) is 0 Å². The summed E-state index contributed by atoms with van der Waals surface area (Å²) >= 11 is 0. The van der Waals surface area contributed by atoms with Crippen LogP contribution < -0.4 is 11.2 Å². The van der Waals surface area contributed by atoms with Crippen molar-refractivity contribution in [3.63, 3.8) is 0 Å². The Hall–Kier alpha value is -5.56. The molecule has 53 heavy (non-hydrogen) atoms. The maximum Gasteiger partial charge on any atom is 0.298 e. The topological polar surface area (TPSA) is 117 Å². The van der Waals surface area contributed by atoms with Gasteiger partial charge in [0.2, 0.25) is 11.2 Å². The Kier molecular flexibility index (Phi) is 10.3. The number of benzene rings is 2. The van der Waals surface area contributed by atoms with Gasteiger partial charge in [-0.3, -0.25) is 23.9 Å². The smallest absolute Gasteiger partial charge is 0.298 e. The van der Waals surface area contributed by atoms with E-state index in [4.69, 9.17) is 4.99 Å². The van der Waals surface area contributed by atoms with Gasteiger partial charge in [0.05, 0.1) is 33.5 Å². The van der Waals surface area contributed by atoms with Crippen molar-refractivity contribution in [2.45, 2.75) is 79.7 Å². The number of fused-ring (bicyclic) bond motifs is 2. The lowest BCUT2D eigenvalue weighted by atomic mass is 10.1. The summed E-state index contributed by atoms with van der Waals surface area (Å²) in [6.45, 7) is 12.9. The van der Waals surface area contributed by atoms with E-state index in [1.54, 1.807) is 21.5 Å². The number of hydrogen-bond donors (Lipinski definition) is 0. The van der Waals surface area contributed by atoms with Gasteiger partial charge in [0.1, 0.15) is 11.4 Å². The minimum Gasteiger partial charge on any atom is -0.313 e.